The number of rotatable bonds is 1. The zero-order valence-electron chi connectivity index (χ0n) is 13.8. The Morgan fingerprint density at radius 1 is 0.680 bits per heavy atom. The van der Waals surface area contributed by atoms with E-state index in [0.717, 1.165) is 11.2 Å². The Balaban J connectivity index is 2.28. The average Bonchev–Trinajstić information content (AvgIpc) is 2.66. The normalized spacial score (nSPS) is 12.6. The van der Waals surface area contributed by atoms with Crippen molar-refractivity contribution in [3.63, 3.8) is 0 Å². The van der Waals surface area contributed by atoms with E-state index >= 15 is 0 Å². The van der Waals surface area contributed by atoms with Crippen molar-refractivity contribution in [2.75, 3.05) is 14.2 Å². The second-order valence-electron chi connectivity index (χ2n) is 5.88. The summed E-state index contributed by atoms with van der Waals surface area (Å²) in [5.41, 5.74) is 0.907. The molecule has 2 nitrogen and oxygen atoms in total. The van der Waals surface area contributed by atoms with Gasteiger partial charge in [-0.3, -0.25) is 4.42 Å². The van der Waals surface area contributed by atoms with Gasteiger partial charge in [-0.15, -0.1) is 22.7 Å². The number of benzene rings is 3. The fourth-order valence-electron chi connectivity index (χ4n) is 3.56. The molecule has 0 aliphatic rings. The highest BCUT2D eigenvalue weighted by molar-refractivity contribution is 7.28. The van der Waals surface area contributed by atoms with Crippen molar-refractivity contribution in [2.45, 2.75) is 0 Å². The minimum atomic E-state index is 0.907. The van der Waals surface area contributed by atoms with Gasteiger partial charge in [0.1, 0.15) is 11.1 Å². The van der Waals surface area contributed by atoms with Gasteiger partial charge in [0.15, 0.2) is 0 Å². The molecule has 0 aliphatic carbocycles. The van der Waals surface area contributed by atoms with E-state index in [9.17, 15) is 0 Å². The first-order valence-electron chi connectivity index (χ1n) is 8.02. The SMILES string of the molecule is COc1cccc2sc3cccc4sc5cccc(=[O+]C)c5c(c12)c34. The maximum Gasteiger partial charge on any atom is 0.352 e. The van der Waals surface area contributed by atoms with Crippen molar-refractivity contribution in [1.82, 2.24) is 0 Å². The van der Waals surface area contributed by atoms with Crippen molar-refractivity contribution in [2.24, 2.45) is 0 Å². The van der Waals surface area contributed by atoms with E-state index in [0.29, 0.717) is 0 Å². The van der Waals surface area contributed by atoms with Crippen LogP contribution in [0, 0.1) is 0 Å². The average molecular weight is 363 g/mol. The predicted molar refractivity (Wildman–Crippen MR) is 111 cm³/mol. The maximum absolute atomic E-state index is 5.73. The lowest BCUT2D eigenvalue weighted by molar-refractivity contribution is 0.420. The molecule has 4 heteroatoms. The molecule has 0 bridgehead atoms. The highest BCUT2D eigenvalue weighted by Crippen LogP contribution is 2.45. The summed E-state index contributed by atoms with van der Waals surface area (Å²) in [5.74, 6) is 0.907. The Morgan fingerprint density at radius 3 is 1.88 bits per heavy atom. The largest absolute Gasteiger partial charge is 0.496 e. The van der Waals surface area contributed by atoms with Gasteiger partial charge in [-0.2, -0.15) is 0 Å². The Kier molecular flexibility index (Phi) is 3.30. The van der Waals surface area contributed by atoms with Crippen molar-refractivity contribution in [3.05, 3.63) is 64.5 Å². The fourth-order valence-corrected chi connectivity index (χ4v) is 5.93. The summed E-state index contributed by atoms with van der Waals surface area (Å²) >= 11 is 3.62. The summed E-state index contributed by atoms with van der Waals surface area (Å²) in [6.07, 6.45) is 0. The Labute approximate surface area is 152 Å². The molecule has 0 atom stereocenters. The topological polar surface area (TPSA) is 20.5 Å². The minimum absolute atomic E-state index is 0.907. The van der Waals surface area contributed by atoms with E-state index in [1.54, 1.807) is 14.2 Å². The molecule has 0 aliphatic heterocycles. The maximum atomic E-state index is 5.73. The van der Waals surface area contributed by atoms with Crippen LogP contribution in [0.25, 0.3) is 40.3 Å². The first kappa shape index (κ1) is 14.9. The summed E-state index contributed by atoms with van der Waals surface area (Å²) in [6.45, 7) is 0. The van der Waals surface area contributed by atoms with Crippen LogP contribution < -0.4 is 10.2 Å². The lowest BCUT2D eigenvalue weighted by Crippen LogP contribution is -2.02. The van der Waals surface area contributed by atoms with Gasteiger partial charge < -0.3 is 4.74 Å². The van der Waals surface area contributed by atoms with Gasteiger partial charge in [0.25, 0.3) is 7.11 Å². The number of hydrogen-bond donors (Lipinski definition) is 0. The lowest BCUT2D eigenvalue weighted by atomic mass is 10.0. The van der Waals surface area contributed by atoms with Gasteiger partial charge in [0.05, 0.1) is 7.11 Å². The molecule has 2 heterocycles. The zero-order chi connectivity index (χ0) is 17.0. The van der Waals surface area contributed by atoms with Crippen molar-refractivity contribution >= 4 is 63.0 Å². The standard InChI is InChI=1S/C21H15O2S2/c1-22-12-6-3-8-14-18(12)21-19-13(23-2)7-4-9-15(19)25-17-11-5-10-16(24-14)20(17)21/h3-11H,1-2H3/q+1. The minimum Gasteiger partial charge on any atom is -0.496 e. The van der Waals surface area contributed by atoms with Gasteiger partial charge in [-0.1, -0.05) is 18.2 Å². The zero-order valence-corrected chi connectivity index (χ0v) is 15.5. The molecule has 0 fully saturated rings. The van der Waals surface area contributed by atoms with Crippen LogP contribution in [0.4, 0.5) is 0 Å². The van der Waals surface area contributed by atoms with Crippen molar-refractivity contribution in [1.29, 1.82) is 0 Å². The second kappa shape index (κ2) is 5.55. The van der Waals surface area contributed by atoms with Crippen LogP contribution in [0.3, 0.4) is 0 Å². The molecule has 122 valence electrons. The van der Waals surface area contributed by atoms with E-state index in [1.165, 1.54) is 40.3 Å². The number of hydrogen-bond acceptors (Lipinski definition) is 3. The van der Waals surface area contributed by atoms with Gasteiger partial charge in [-0.05, 0) is 30.3 Å². The summed E-state index contributed by atoms with van der Waals surface area (Å²) in [4.78, 5) is 0. The van der Waals surface area contributed by atoms with Gasteiger partial charge in [0.2, 0.25) is 0 Å². The number of ether oxygens (including phenoxy) is 1. The van der Waals surface area contributed by atoms with Crippen LogP contribution in [0.1, 0.15) is 0 Å². The second-order valence-corrected chi connectivity index (χ2v) is 8.04. The fraction of sp³-hybridized carbons (Fsp3) is 0.0952. The third-order valence-electron chi connectivity index (χ3n) is 4.59. The molecule has 0 N–H and O–H groups in total. The summed E-state index contributed by atoms with van der Waals surface area (Å²) in [5, 5.41) is 4.86. The number of methoxy groups -OCH3 is 1. The summed E-state index contributed by atoms with van der Waals surface area (Å²) in [6, 6.07) is 19.1. The Morgan fingerprint density at radius 2 is 1.24 bits per heavy atom. The molecule has 2 aromatic heterocycles. The molecular formula is C21H15O2S2+. The summed E-state index contributed by atoms with van der Waals surface area (Å²) < 4.78 is 16.5. The van der Waals surface area contributed by atoms with Crippen LogP contribution >= 0.6 is 22.7 Å². The van der Waals surface area contributed by atoms with E-state index in [4.69, 9.17) is 9.16 Å². The smallest absolute Gasteiger partial charge is 0.352 e. The molecule has 3 aromatic carbocycles. The quantitative estimate of drug-likeness (QED) is 0.204. The molecule has 0 amide bonds. The van der Waals surface area contributed by atoms with Gasteiger partial charge in [-0.25, -0.2) is 0 Å². The van der Waals surface area contributed by atoms with Crippen molar-refractivity contribution in [3.8, 4) is 5.75 Å². The molecule has 0 spiro atoms. The molecule has 0 unspecified atom stereocenters. The van der Waals surface area contributed by atoms with Crippen LogP contribution in [0.15, 0.2) is 59.0 Å². The monoisotopic (exact) mass is 363 g/mol. The first-order chi connectivity index (χ1) is 12.3. The highest BCUT2D eigenvalue weighted by atomic mass is 32.1. The molecule has 0 saturated carbocycles. The van der Waals surface area contributed by atoms with Crippen LogP contribution in [-0.2, 0) is 0 Å². The molecular weight excluding hydrogens is 348 g/mol. The molecule has 0 radical (unpaired) electrons. The van der Waals surface area contributed by atoms with Gasteiger partial charge in [0, 0.05) is 41.0 Å². The third kappa shape index (κ3) is 2.04. The van der Waals surface area contributed by atoms with E-state index < -0.39 is 0 Å². The molecule has 5 rings (SSSR count). The Hall–Kier alpha value is -2.43. The van der Waals surface area contributed by atoms with Crippen molar-refractivity contribution < 1.29 is 4.74 Å². The third-order valence-corrected chi connectivity index (χ3v) is 6.83. The first-order valence-corrected chi connectivity index (χ1v) is 9.66. The van der Waals surface area contributed by atoms with E-state index in [1.807, 2.05) is 34.8 Å². The van der Waals surface area contributed by atoms with Gasteiger partial charge >= 0.3 is 5.43 Å². The Bertz CT molecular complexity index is 1330. The molecule has 0 saturated heterocycles. The number of fused-ring (bicyclic) bond motifs is 4. The highest BCUT2D eigenvalue weighted by Gasteiger charge is 2.18. The van der Waals surface area contributed by atoms with Crippen LogP contribution in [0.2, 0.25) is 0 Å². The summed E-state index contributed by atoms with van der Waals surface area (Å²) in [7, 11) is 3.48. The molecule has 25 heavy (non-hydrogen) atoms. The van der Waals surface area contributed by atoms with E-state index in [-0.39, 0.29) is 0 Å². The lowest BCUT2D eigenvalue weighted by Gasteiger charge is -2.12. The molecule has 5 aromatic rings. The van der Waals surface area contributed by atoms with Crippen LogP contribution in [0.5, 0.6) is 5.75 Å². The predicted octanol–water partition coefficient (Wildman–Crippen LogP) is 5.96. The van der Waals surface area contributed by atoms with Crippen LogP contribution in [-0.4, -0.2) is 14.2 Å². The van der Waals surface area contributed by atoms with E-state index in [2.05, 4.69) is 42.5 Å².